The lowest BCUT2D eigenvalue weighted by Crippen LogP contribution is -2.38. The maximum absolute atomic E-state index is 12.7. The summed E-state index contributed by atoms with van der Waals surface area (Å²) in [4.78, 5) is 25.5. The first-order chi connectivity index (χ1) is 11.8. The van der Waals surface area contributed by atoms with Crippen molar-refractivity contribution >= 4 is 29.0 Å². The number of rotatable bonds is 3. The molecule has 0 spiro atoms. The summed E-state index contributed by atoms with van der Waals surface area (Å²) in [6.45, 7) is 0.350. The summed E-state index contributed by atoms with van der Waals surface area (Å²) in [5.41, 5.74) is -0.561. The fourth-order valence-electron chi connectivity index (χ4n) is 2.63. The fourth-order valence-corrected chi connectivity index (χ4v) is 3.62. The van der Waals surface area contributed by atoms with E-state index in [2.05, 4.69) is 14.6 Å². The highest BCUT2D eigenvalue weighted by molar-refractivity contribution is 7.08. The summed E-state index contributed by atoms with van der Waals surface area (Å²) in [6, 6.07) is -0.649. The van der Waals surface area contributed by atoms with Gasteiger partial charge in [-0.1, -0.05) is 23.1 Å². The van der Waals surface area contributed by atoms with Crippen LogP contribution in [0, 0.1) is 0 Å². The third-order valence-electron chi connectivity index (χ3n) is 3.72. The molecular weight excluding hydrogens is 385 g/mol. The molecule has 0 aromatic carbocycles. The van der Waals surface area contributed by atoms with Gasteiger partial charge in [0.1, 0.15) is 22.4 Å². The number of amides is 1. The third-order valence-corrected chi connectivity index (χ3v) is 5.06. The van der Waals surface area contributed by atoms with Crippen LogP contribution in [0.5, 0.6) is 0 Å². The van der Waals surface area contributed by atoms with Gasteiger partial charge >= 0.3 is 6.18 Å². The van der Waals surface area contributed by atoms with Crippen molar-refractivity contribution in [3.8, 4) is 0 Å². The van der Waals surface area contributed by atoms with Gasteiger partial charge < -0.3 is 9.32 Å². The zero-order valence-corrected chi connectivity index (χ0v) is 14.2. The summed E-state index contributed by atoms with van der Waals surface area (Å²) >= 11 is 6.65. The lowest BCUT2D eigenvalue weighted by atomic mass is 10.0. The molecule has 2 aromatic rings. The normalized spacial score (nSPS) is 18.6. The second-order valence-electron chi connectivity index (χ2n) is 5.51. The summed E-state index contributed by atoms with van der Waals surface area (Å²) < 4.78 is 44.8. The summed E-state index contributed by atoms with van der Waals surface area (Å²) in [6.07, 6.45) is -3.86. The van der Waals surface area contributed by atoms with Crippen LogP contribution in [0.25, 0.3) is 0 Å². The number of carbonyl (C=O) groups excluding carboxylic acids is 1. The topological polar surface area (TPSA) is 92.1 Å². The Balaban J connectivity index is 1.85. The summed E-state index contributed by atoms with van der Waals surface area (Å²) in [7, 11) is 0. The quantitative estimate of drug-likeness (QED) is 0.861. The van der Waals surface area contributed by atoms with E-state index in [-0.39, 0.29) is 15.8 Å². The second kappa shape index (κ2) is 6.79. The number of carbonyl (C=O) groups is 1. The van der Waals surface area contributed by atoms with Gasteiger partial charge in [-0.25, -0.2) is 0 Å². The van der Waals surface area contributed by atoms with E-state index in [9.17, 15) is 22.8 Å². The first-order valence-electron chi connectivity index (χ1n) is 7.33. The van der Waals surface area contributed by atoms with Crippen LogP contribution in [-0.2, 0) is 6.42 Å². The van der Waals surface area contributed by atoms with E-state index in [1.807, 2.05) is 0 Å². The average Bonchev–Trinajstić information content (AvgIpc) is 3.13. The van der Waals surface area contributed by atoms with Crippen LogP contribution in [0.4, 0.5) is 13.2 Å². The van der Waals surface area contributed by atoms with E-state index in [1.54, 1.807) is 0 Å². The Hall–Kier alpha value is -1.88. The predicted molar refractivity (Wildman–Crippen MR) is 81.6 cm³/mol. The minimum absolute atomic E-state index is 0.0496. The van der Waals surface area contributed by atoms with Crippen molar-refractivity contribution in [1.82, 2.24) is 19.5 Å². The molecule has 0 saturated carbocycles. The number of alkyl halides is 3. The molecule has 0 bridgehead atoms. The maximum atomic E-state index is 12.7. The molecule has 1 saturated heterocycles. The van der Waals surface area contributed by atoms with E-state index in [1.165, 1.54) is 4.90 Å². The Kier molecular flexibility index (Phi) is 4.87. The number of hydrogen-bond donors (Lipinski definition) is 1. The van der Waals surface area contributed by atoms with Crippen molar-refractivity contribution in [3.05, 3.63) is 32.0 Å². The van der Waals surface area contributed by atoms with Crippen molar-refractivity contribution in [2.75, 3.05) is 6.54 Å². The number of nitrogens with zero attached hydrogens (tertiary/aromatic N) is 3. The standard InChI is InChI=1S/C13H12ClF3N4O3S/c14-8-9(25-20-10(8)22)12(23)21-4-2-1-3-6(21)11-19-18-7(24-11)5-13(15,16)17/h6H,1-5H2,(H,20,22). The molecule has 12 heteroatoms. The van der Waals surface area contributed by atoms with Gasteiger partial charge in [0.25, 0.3) is 11.5 Å². The molecular formula is C13H12ClF3N4O3S. The van der Waals surface area contributed by atoms with Crippen molar-refractivity contribution in [3.63, 3.8) is 0 Å². The summed E-state index contributed by atoms with van der Waals surface area (Å²) in [5.74, 6) is -1.09. The molecule has 25 heavy (non-hydrogen) atoms. The molecule has 136 valence electrons. The van der Waals surface area contributed by atoms with Crippen LogP contribution in [0.15, 0.2) is 9.21 Å². The molecule has 2 aromatic heterocycles. The Labute approximate surface area is 147 Å². The molecule has 7 nitrogen and oxygen atoms in total. The molecule has 0 aliphatic carbocycles. The van der Waals surface area contributed by atoms with E-state index in [0.29, 0.717) is 19.4 Å². The molecule has 1 unspecified atom stereocenters. The molecule has 1 N–H and O–H groups in total. The largest absolute Gasteiger partial charge is 0.423 e. The Morgan fingerprint density at radius 2 is 2.16 bits per heavy atom. The number of hydrogen-bond acceptors (Lipinski definition) is 6. The van der Waals surface area contributed by atoms with Crippen molar-refractivity contribution in [1.29, 1.82) is 0 Å². The highest BCUT2D eigenvalue weighted by Gasteiger charge is 2.36. The average molecular weight is 397 g/mol. The first kappa shape index (κ1) is 17.9. The number of piperidine rings is 1. The molecule has 3 heterocycles. The zero-order valence-electron chi connectivity index (χ0n) is 12.6. The van der Waals surface area contributed by atoms with Crippen LogP contribution in [-0.4, -0.2) is 38.1 Å². The van der Waals surface area contributed by atoms with E-state index in [4.69, 9.17) is 16.0 Å². The Morgan fingerprint density at radius 3 is 2.80 bits per heavy atom. The van der Waals surface area contributed by atoms with Crippen LogP contribution in [0.3, 0.4) is 0 Å². The van der Waals surface area contributed by atoms with Crippen LogP contribution < -0.4 is 5.56 Å². The van der Waals surface area contributed by atoms with E-state index < -0.39 is 36.0 Å². The maximum Gasteiger partial charge on any atom is 0.397 e. The number of likely N-dealkylation sites (tertiary alicyclic amines) is 1. The molecule has 1 fully saturated rings. The molecule has 1 atom stereocenters. The lowest BCUT2D eigenvalue weighted by Gasteiger charge is -2.33. The van der Waals surface area contributed by atoms with Gasteiger partial charge in [-0.05, 0) is 19.3 Å². The Bertz CT molecular complexity index is 831. The number of halogens is 4. The monoisotopic (exact) mass is 396 g/mol. The van der Waals surface area contributed by atoms with Crippen LogP contribution >= 0.6 is 23.1 Å². The van der Waals surface area contributed by atoms with Gasteiger partial charge in [0.05, 0.1) is 0 Å². The highest BCUT2D eigenvalue weighted by atomic mass is 35.5. The number of aromatic amines is 1. The van der Waals surface area contributed by atoms with E-state index in [0.717, 1.165) is 18.0 Å². The fraction of sp³-hybridized carbons (Fsp3) is 0.538. The molecule has 1 amide bonds. The van der Waals surface area contributed by atoms with Gasteiger partial charge in [-0.2, -0.15) is 13.2 Å². The molecule has 3 rings (SSSR count). The predicted octanol–water partition coefficient (Wildman–Crippen LogP) is 2.95. The third kappa shape index (κ3) is 3.87. The van der Waals surface area contributed by atoms with Crippen molar-refractivity contribution < 1.29 is 22.4 Å². The first-order valence-corrected chi connectivity index (χ1v) is 8.52. The smallest absolute Gasteiger partial charge is 0.397 e. The van der Waals surface area contributed by atoms with Gasteiger partial charge in [0.2, 0.25) is 11.8 Å². The van der Waals surface area contributed by atoms with Gasteiger partial charge in [0.15, 0.2) is 0 Å². The zero-order chi connectivity index (χ0) is 18.2. The molecule has 1 aliphatic heterocycles. The lowest BCUT2D eigenvalue weighted by molar-refractivity contribution is -0.131. The SMILES string of the molecule is O=C(c1s[nH]c(=O)c1Cl)N1CCCCC1c1nnc(CC(F)(F)F)o1. The van der Waals surface area contributed by atoms with Gasteiger partial charge in [-0.3, -0.25) is 14.0 Å². The highest BCUT2D eigenvalue weighted by Crippen LogP contribution is 2.33. The van der Waals surface area contributed by atoms with Crippen molar-refractivity contribution in [2.24, 2.45) is 0 Å². The van der Waals surface area contributed by atoms with Crippen LogP contribution in [0.1, 0.15) is 46.8 Å². The van der Waals surface area contributed by atoms with Gasteiger partial charge in [-0.15, -0.1) is 10.2 Å². The number of nitrogens with one attached hydrogen (secondary N) is 1. The van der Waals surface area contributed by atoms with E-state index >= 15 is 0 Å². The molecule has 1 aliphatic rings. The summed E-state index contributed by atoms with van der Waals surface area (Å²) in [5, 5.41) is 6.87. The second-order valence-corrected chi connectivity index (χ2v) is 6.71. The number of H-pyrrole nitrogens is 1. The molecule has 0 radical (unpaired) electrons. The van der Waals surface area contributed by atoms with Gasteiger partial charge in [0, 0.05) is 6.54 Å². The van der Waals surface area contributed by atoms with Crippen molar-refractivity contribution in [2.45, 2.75) is 37.9 Å². The number of aromatic nitrogens is 3. The van der Waals surface area contributed by atoms with Crippen LogP contribution in [0.2, 0.25) is 5.02 Å². The Morgan fingerprint density at radius 1 is 1.40 bits per heavy atom. The minimum atomic E-state index is -4.46. The minimum Gasteiger partial charge on any atom is -0.423 e.